The largest absolute Gasteiger partial charge is 0.378 e. The minimum Gasteiger partial charge on any atom is -0.378 e. The number of nitrogens with zero attached hydrogens (tertiary/aromatic N) is 6. The molecule has 4 aromatic rings. The van der Waals surface area contributed by atoms with Crippen molar-refractivity contribution in [1.29, 1.82) is 0 Å². The third kappa shape index (κ3) is 4.32. The number of hydrogen-bond acceptors (Lipinski definition) is 8. The van der Waals surface area contributed by atoms with Crippen LogP contribution < -0.4 is 10.6 Å². The molecule has 2 N–H and O–H groups in total. The molecule has 0 aliphatic rings. The van der Waals surface area contributed by atoms with E-state index in [1.54, 1.807) is 37.4 Å². The molecule has 0 aliphatic carbocycles. The van der Waals surface area contributed by atoms with Crippen molar-refractivity contribution in [2.75, 3.05) is 5.32 Å². The number of rotatable bonds is 7. The van der Waals surface area contributed by atoms with Gasteiger partial charge in [0, 0.05) is 30.6 Å². The summed E-state index contributed by atoms with van der Waals surface area (Å²) in [5.41, 5.74) is 2.72. The Morgan fingerprint density at radius 2 is 2.07 bits per heavy atom. The van der Waals surface area contributed by atoms with E-state index >= 15 is 0 Å². The zero-order valence-corrected chi connectivity index (χ0v) is 16.5. The van der Waals surface area contributed by atoms with E-state index in [0.717, 1.165) is 11.5 Å². The summed E-state index contributed by atoms with van der Waals surface area (Å²) in [6.45, 7) is 2.55. The number of nitrogens with one attached hydrogen (secondary N) is 2. The summed E-state index contributed by atoms with van der Waals surface area (Å²) in [6.07, 6.45) is 3.14. The second-order valence-electron chi connectivity index (χ2n) is 6.64. The van der Waals surface area contributed by atoms with Crippen molar-refractivity contribution < 1.29 is 9.32 Å². The summed E-state index contributed by atoms with van der Waals surface area (Å²) in [5, 5.41) is 18.4. The average molecular weight is 404 g/mol. The summed E-state index contributed by atoms with van der Waals surface area (Å²) in [7, 11) is 1.88. The fourth-order valence-electron chi connectivity index (χ4n) is 2.89. The number of aromatic nitrogens is 6. The maximum absolute atomic E-state index is 12.4. The highest BCUT2D eigenvalue weighted by Gasteiger charge is 2.12. The fraction of sp³-hybridized carbons (Fsp3) is 0.200. The molecule has 3 aromatic heterocycles. The third-order valence-electron chi connectivity index (χ3n) is 4.46. The van der Waals surface area contributed by atoms with Crippen molar-refractivity contribution in [1.82, 2.24) is 35.2 Å². The van der Waals surface area contributed by atoms with Gasteiger partial charge < -0.3 is 19.7 Å². The molecule has 0 bridgehead atoms. The standard InChI is InChI=1S/C20H20N8O2/c1-13-8-16(27-30-13)10-23-20(29)14-4-3-5-15(9-14)22-11-18-25-26-19(28(18)2)17-6-7-21-12-24-17/h3-9,12,22H,10-11H2,1-2H3,(H,23,29). The highest BCUT2D eigenvalue weighted by atomic mass is 16.5. The normalized spacial score (nSPS) is 10.7. The van der Waals surface area contributed by atoms with Crippen LogP contribution in [0.15, 0.2) is 53.4 Å². The predicted octanol–water partition coefficient (Wildman–Crippen LogP) is 2.11. The molecule has 10 nitrogen and oxygen atoms in total. The highest BCUT2D eigenvalue weighted by molar-refractivity contribution is 5.95. The van der Waals surface area contributed by atoms with Gasteiger partial charge in [0.25, 0.3) is 5.91 Å². The Balaban J connectivity index is 1.39. The zero-order valence-electron chi connectivity index (χ0n) is 16.5. The van der Waals surface area contributed by atoms with Gasteiger partial charge in [0.1, 0.15) is 23.5 Å². The topological polar surface area (TPSA) is 124 Å². The molecule has 4 rings (SSSR count). The van der Waals surface area contributed by atoms with E-state index in [2.05, 4.69) is 36.0 Å². The first kappa shape index (κ1) is 19.2. The van der Waals surface area contributed by atoms with Gasteiger partial charge in [-0.25, -0.2) is 9.97 Å². The average Bonchev–Trinajstić information content (AvgIpc) is 3.36. The van der Waals surface area contributed by atoms with Crippen LogP contribution in [0.3, 0.4) is 0 Å². The van der Waals surface area contributed by atoms with Gasteiger partial charge in [-0.2, -0.15) is 0 Å². The lowest BCUT2D eigenvalue weighted by Crippen LogP contribution is -2.23. The van der Waals surface area contributed by atoms with Crippen LogP contribution in [-0.2, 0) is 20.1 Å². The molecule has 0 fully saturated rings. The van der Waals surface area contributed by atoms with Gasteiger partial charge >= 0.3 is 0 Å². The van der Waals surface area contributed by atoms with Gasteiger partial charge in [0.15, 0.2) is 11.6 Å². The zero-order chi connectivity index (χ0) is 20.9. The number of benzene rings is 1. The first-order chi connectivity index (χ1) is 14.6. The molecule has 10 heteroatoms. The summed E-state index contributed by atoms with van der Waals surface area (Å²) in [6, 6.07) is 10.8. The Hall–Kier alpha value is -4.08. The number of carbonyl (C=O) groups is 1. The Labute approximate surface area is 172 Å². The van der Waals surface area contributed by atoms with E-state index in [1.165, 1.54) is 6.33 Å². The van der Waals surface area contributed by atoms with Crippen LogP contribution >= 0.6 is 0 Å². The Morgan fingerprint density at radius 1 is 1.17 bits per heavy atom. The van der Waals surface area contributed by atoms with Crippen LogP contribution in [0.5, 0.6) is 0 Å². The number of carbonyl (C=O) groups excluding carboxylic acids is 1. The molecule has 0 atom stereocenters. The second kappa shape index (κ2) is 8.52. The van der Waals surface area contributed by atoms with Gasteiger partial charge in [-0.1, -0.05) is 11.2 Å². The van der Waals surface area contributed by atoms with Crippen LogP contribution in [-0.4, -0.2) is 35.8 Å². The van der Waals surface area contributed by atoms with Crippen LogP contribution in [0.4, 0.5) is 5.69 Å². The number of amides is 1. The summed E-state index contributed by atoms with van der Waals surface area (Å²) < 4.78 is 6.87. The molecule has 0 spiro atoms. The van der Waals surface area contributed by atoms with Crippen LogP contribution in [0.25, 0.3) is 11.5 Å². The van der Waals surface area contributed by atoms with Crippen LogP contribution in [0.1, 0.15) is 27.6 Å². The molecular formula is C20H20N8O2. The van der Waals surface area contributed by atoms with Crippen molar-refractivity contribution in [2.24, 2.45) is 7.05 Å². The van der Waals surface area contributed by atoms with E-state index in [0.29, 0.717) is 41.6 Å². The molecule has 1 amide bonds. The minimum absolute atomic E-state index is 0.191. The van der Waals surface area contributed by atoms with Gasteiger partial charge in [0.05, 0.1) is 13.1 Å². The Kier molecular flexibility index (Phi) is 5.46. The molecule has 3 heterocycles. The van der Waals surface area contributed by atoms with Crippen molar-refractivity contribution in [3.05, 3.63) is 71.8 Å². The van der Waals surface area contributed by atoms with E-state index in [4.69, 9.17) is 4.52 Å². The van der Waals surface area contributed by atoms with Crippen molar-refractivity contribution in [3.63, 3.8) is 0 Å². The molecule has 0 saturated carbocycles. The minimum atomic E-state index is -0.191. The SMILES string of the molecule is Cc1cc(CNC(=O)c2cccc(NCc3nnc(-c4ccncn4)n3C)c2)no1. The molecule has 0 radical (unpaired) electrons. The molecular weight excluding hydrogens is 384 g/mol. The van der Waals surface area contributed by atoms with Crippen LogP contribution in [0, 0.1) is 6.92 Å². The van der Waals surface area contributed by atoms with E-state index in [-0.39, 0.29) is 5.91 Å². The predicted molar refractivity (Wildman–Crippen MR) is 108 cm³/mol. The van der Waals surface area contributed by atoms with Crippen molar-refractivity contribution in [3.8, 4) is 11.5 Å². The number of anilines is 1. The third-order valence-corrected chi connectivity index (χ3v) is 4.46. The molecule has 30 heavy (non-hydrogen) atoms. The number of aryl methyl sites for hydroxylation is 1. The van der Waals surface area contributed by atoms with E-state index in [1.807, 2.05) is 23.7 Å². The lowest BCUT2D eigenvalue weighted by molar-refractivity contribution is 0.0950. The summed E-state index contributed by atoms with van der Waals surface area (Å²) >= 11 is 0. The fourth-order valence-corrected chi connectivity index (χ4v) is 2.89. The first-order valence-electron chi connectivity index (χ1n) is 9.29. The first-order valence-corrected chi connectivity index (χ1v) is 9.29. The maximum Gasteiger partial charge on any atom is 0.251 e. The van der Waals surface area contributed by atoms with Gasteiger partial charge in [0.2, 0.25) is 0 Å². The Morgan fingerprint density at radius 3 is 2.83 bits per heavy atom. The second-order valence-corrected chi connectivity index (χ2v) is 6.64. The van der Waals surface area contributed by atoms with E-state index in [9.17, 15) is 4.79 Å². The Bertz CT molecular complexity index is 1150. The molecule has 0 saturated heterocycles. The van der Waals surface area contributed by atoms with Crippen molar-refractivity contribution in [2.45, 2.75) is 20.0 Å². The quantitative estimate of drug-likeness (QED) is 0.480. The monoisotopic (exact) mass is 404 g/mol. The van der Waals surface area contributed by atoms with Gasteiger partial charge in [-0.15, -0.1) is 10.2 Å². The molecule has 1 aromatic carbocycles. The smallest absolute Gasteiger partial charge is 0.251 e. The van der Waals surface area contributed by atoms with Gasteiger partial charge in [-0.05, 0) is 31.2 Å². The van der Waals surface area contributed by atoms with E-state index < -0.39 is 0 Å². The lowest BCUT2D eigenvalue weighted by Gasteiger charge is -2.09. The summed E-state index contributed by atoms with van der Waals surface area (Å²) in [5.74, 6) is 1.91. The number of hydrogen-bond donors (Lipinski definition) is 2. The van der Waals surface area contributed by atoms with Crippen LogP contribution in [0.2, 0.25) is 0 Å². The van der Waals surface area contributed by atoms with Gasteiger partial charge in [-0.3, -0.25) is 4.79 Å². The summed E-state index contributed by atoms with van der Waals surface area (Å²) in [4.78, 5) is 20.5. The highest BCUT2D eigenvalue weighted by Crippen LogP contribution is 2.16. The maximum atomic E-state index is 12.4. The molecule has 0 unspecified atom stereocenters. The molecule has 152 valence electrons. The van der Waals surface area contributed by atoms with Crippen molar-refractivity contribution >= 4 is 11.6 Å². The molecule has 0 aliphatic heterocycles. The lowest BCUT2D eigenvalue weighted by atomic mass is 10.2.